The molecule has 1 saturated heterocycles. The maximum absolute atomic E-state index is 12.1. The monoisotopic (exact) mass is 261 g/mol. The van der Waals surface area contributed by atoms with Gasteiger partial charge < -0.3 is 14.7 Å². The molecule has 1 N–H and O–H groups in total. The molecule has 0 radical (unpaired) electrons. The van der Waals surface area contributed by atoms with Crippen LogP contribution in [0.2, 0.25) is 0 Å². The third kappa shape index (κ3) is 3.15. The molecule has 0 aliphatic carbocycles. The molecular weight excluding hydrogens is 242 g/mol. The number of amides is 1. The van der Waals surface area contributed by atoms with Crippen molar-refractivity contribution in [3.63, 3.8) is 0 Å². The second-order valence-corrected chi connectivity index (χ2v) is 4.59. The molecule has 1 heterocycles. The molecule has 4 nitrogen and oxygen atoms in total. The highest BCUT2D eigenvalue weighted by Gasteiger charge is 2.26. The standard InChI is InChI=1S/C15H19NO3/c1-19-14-7-3-2-5-12(14)8-9-15(18)16-10-4-6-13(16)11-17/h2-3,5,7-9,13,17H,4,6,10-11H2,1H3/b9-8+/t13-/m1/s1. The number of aliphatic hydroxyl groups is 1. The van der Waals surface area contributed by atoms with Crippen molar-refractivity contribution in [3.05, 3.63) is 35.9 Å². The van der Waals surface area contributed by atoms with E-state index in [1.807, 2.05) is 24.3 Å². The first-order valence-electron chi connectivity index (χ1n) is 6.49. The summed E-state index contributed by atoms with van der Waals surface area (Å²) in [6, 6.07) is 7.52. The number of rotatable bonds is 4. The van der Waals surface area contributed by atoms with Crippen LogP contribution in [0.25, 0.3) is 6.08 Å². The molecule has 2 rings (SSSR count). The summed E-state index contributed by atoms with van der Waals surface area (Å²) >= 11 is 0. The quantitative estimate of drug-likeness (QED) is 0.839. The van der Waals surface area contributed by atoms with Crippen molar-refractivity contribution >= 4 is 12.0 Å². The van der Waals surface area contributed by atoms with Crippen LogP contribution < -0.4 is 4.74 Å². The lowest BCUT2D eigenvalue weighted by Gasteiger charge is -2.21. The van der Waals surface area contributed by atoms with Gasteiger partial charge in [-0.25, -0.2) is 0 Å². The molecule has 1 aromatic rings. The Hall–Kier alpha value is -1.81. The molecular formula is C15H19NO3. The summed E-state index contributed by atoms with van der Waals surface area (Å²) in [6.07, 6.45) is 5.14. The van der Waals surface area contributed by atoms with Gasteiger partial charge in [0, 0.05) is 18.2 Å². The highest BCUT2D eigenvalue weighted by Crippen LogP contribution is 2.20. The van der Waals surface area contributed by atoms with Crippen LogP contribution in [0.4, 0.5) is 0 Å². The summed E-state index contributed by atoms with van der Waals surface area (Å²) in [5.41, 5.74) is 0.873. The molecule has 0 bridgehead atoms. The van der Waals surface area contributed by atoms with Crippen molar-refractivity contribution in [2.45, 2.75) is 18.9 Å². The SMILES string of the molecule is COc1ccccc1/C=C/C(=O)N1CCC[C@@H]1CO. The number of ether oxygens (including phenoxy) is 1. The number of carbonyl (C=O) groups excluding carboxylic acids is 1. The number of hydrogen-bond donors (Lipinski definition) is 1. The smallest absolute Gasteiger partial charge is 0.246 e. The topological polar surface area (TPSA) is 49.8 Å². The molecule has 0 saturated carbocycles. The number of aliphatic hydroxyl groups excluding tert-OH is 1. The average molecular weight is 261 g/mol. The van der Waals surface area contributed by atoms with E-state index in [0.717, 1.165) is 30.7 Å². The number of nitrogens with zero attached hydrogens (tertiary/aromatic N) is 1. The molecule has 102 valence electrons. The van der Waals surface area contributed by atoms with Crippen LogP contribution in [0.5, 0.6) is 5.75 Å². The Labute approximate surface area is 113 Å². The van der Waals surface area contributed by atoms with E-state index in [4.69, 9.17) is 4.74 Å². The van der Waals surface area contributed by atoms with E-state index < -0.39 is 0 Å². The molecule has 1 aliphatic rings. The van der Waals surface area contributed by atoms with Crippen LogP contribution in [0.15, 0.2) is 30.3 Å². The number of carbonyl (C=O) groups is 1. The van der Waals surface area contributed by atoms with E-state index in [0.29, 0.717) is 0 Å². The molecule has 0 spiro atoms. The molecule has 4 heteroatoms. The van der Waals surface area contributed by atoms with Crippen molar-refractivity contribution in [1.82, 2.24) is 4.90 Å². The minimum absolute atomic E-state index is 0.0326. The Morgan fingerprint density at radius 1 is 1.53 bits per heavy atom. The van der Waals surface area contributed by atoms with Gasteiger partial charge in [-0.1, -0.05) is 18.2 Å². The van der Waals surface area contributed by atoms with Crippen LogP contribution in [0, 0.1) is 0 Å². The molecule has 1 amide bonds. The van der Waals surface area contributed by atoms with Gasteiger partial charge in [-0.05, 0) is 25.0 Å². The highest BCUT2D eigenvalue weighted by molar-refractivity contribution is 5.92. The molecule has 0 aromatic heterocycles. The Balaban J connectivity index is 2.07. The summed E-state index contributed by atoms with van der Waals surface area (Å²) in [7, 11) is 1.61. The van der Waals surface area contributed by atoms with Crippen molar-refractivity contribution in [3.8, 4) is 5.75 Å². The molecule has 1 aliphatic heterocycles. The Bertz CT molecular complexity index is 470. The lowest BCUT2D eigenvalue weighted by molar-refractivity contribution is -0.127. The number of methoxy groups -OCH3 is 1. The normalized spacial score (nSPS) is 19.1. The van der Waals surface area contributed by atoms with E-state index in [-0.39, 0.29) is 18.6 Å². The fraction of sp³-hybridized carbons (Fsp3) is 0.400. The van der Waals surface area contributed by atoms with E-state index in [2.05, 4.69) is 0 Å². The summed E-state index contributed by atoms with van der Waals surface area (Å²) in [6.45, 7) is 0.758. The molecule has 1 fully saturated rings. The van der Waals surface area contributed by atoms with Crippen LogP contribution >= 0.6 is 0 Å². The van der Waals surface area contributed by atoms with Crippen LogP contribution in [-0.2, 0) is 4.79 Å². The van der Waals surface area contributed by atoms with E-state index in [9.17, 15) is 9.90 Å². The van der Waals surface area contributed by atoms with Crippen LogP contribution in [-0.4, -0.2) is 42.2 Å². The summed E-state index contributed by atoms with van der Waals surface area (Å²) in [4.78, 5) is 13.8. The van der Waals surface area contributed by atoms with Crippen molar-refractivity contribution in [1.29, 1.82) is 0 Å². The first-order chi connectivity index (χ1) is 9.26. The van der Waals surface area contributed by atoms with Gasteiger partial charge in [-0.2, -0.15) is 0 Å². The number of hydrogen-bond acceptors (Lipinski definition) is 3. The predicted octanol–water partition coefficient (Wildman–Crippen LogP) is 1.69. The fourth-order valence-corrected chi connectivity index (χ4v) is 2.38. The number of para-hydroxylation sites is 1. The van der Waals surface area contributed by atoms with Gasteiger partial charge in [0.15, 0.2) is 0 Å². The van der Waals surface area contributed by atoms with Gasteiger partial charge in [0.05, 0.1) is 19.8 Å². The van der Waals surface area contributed by atoms with Crippen molar-refractivity contribution in [2.24, 2.45) is 0 Å². The summed E-state index contributed by atoms with van der Waals surface area (Å²) < 4.78 is 5.23. The Morgan fingerprint density at radius 2 is 2.32 bits per heavy atom. The third-order valence-corrected chi connectivity index (χ3v) is 3.42. The van der Waals surface area contributed by atoms with Gasteiger partial charge >= 0.3 is 0 Å². The second kappa shape index (κ2) is 6.38. The number of benzene rings is 1. The maximum atomic E-state index is 12.1. The van der Waals surface area contributed by atoms with Crippen molar-refractivity contribution < 1.29 is 14.6 Å². The zero-order valence-electron chi connectivity index (χ0n) is 11.1. The minimum Gasteiger partial charge on any atom is -0.496 e. The third-order valence-electron chi connectivity index (χ3n) is 3.42. The predicted molar refractivity (Wildman–Crippen MR) is 73.8 cm³/mol. The lowest BCUT2D eigenvalue weighted by atomic mass is 10.2. The van der Waals surface area contributed by atoms with Gasteiger partial charge in [-0.15, -0.1) is 0 Å². The van der Waals surface area contributed by atoms with Crippen LogP contribution in [0.1, 0.15) is 18.4 Å². The maximum Gasteiger partial charge on any atom is 0.246 e. The summed E-state index contributed by atoms with van der Waals surface area (Å²) in [5, 5.41) is 9.21. The second-order valence-electron chi connectivity index (χ2n) is 4.59. The molecule has 0 unspecified atom stereocenters. The fourth-order valence-electron chi connectivity index (χ4n) is 2.38. The molecule has 19 heavy (non-hydrogen) atoms. The Morgan fingerprint density at radius 3 is 3.05 bits per heavy atom. The first kappa shape index (κ1) is 13.6. The Kier molecular flexibility index (Phi) is 4.58. The number of likely N-dealkylation sites (tertiary alicyclic amines) is 1. The lowest BCUT2D eigenvalue weighted by Crippen LogP contribution is -2.36. The van der Waals surface area contributed by atoms with Crippen molar-refractivity contribution in [2.75, 3.05) is 20.3 Å². The van der Waals surface area contributed by atoms with Gasteiger partial charge in [0.25, 0.3) is 0 Å². The molecule has 1 atom stereocenters. The van der Waals surface area contributed by atoms with Crippen LogP contribution in [0.3, 0.4) is 0 Å². The average Bonchev–Trinajstić information content (AvgIpc) is 2.93. The highest BCUT2D eigenvalue weighted by atomic mass is 16.5. The summed E-state index contributed by atoms with van der Waals surface area (Å²) in [5.74, 6) is 0.689. The van der Waals surface area contributed by atoms with E-state index >= 15 is 0 Å². The minimum atomic E-state index is -0.0533. The van der Waals surface area contributed by atoms with E-state index in [1.54, 1.807) is 24.2 Å². The molecule has 1 aromatic carbocycles. The van der Waals surface area contributed by atoms with Gasteiger partial charge in [-0.3, -0.25) is 4.79 Å². The zero-order chi connectivity index (χ0) is 13.7. The largest absolute Gasteiger partial charge is 0.496 e. The van der Waals surface area contributed by atoms with E-state index in [1.165, 1.54) is 0 Å². The zero-order valence-corrected chi connectivity index (χ0v) is 11.1. The van der Waals surface area contributed by atoms with Gasteiger partial charge in [0.2, 0.25) is 5.91 Å². The first-order valence-corrected chi connectivity index (χ1v) is 6.49. The van der Waals surface area contributed by atoms with Gasteiger partial charge in [0.1, 0.15) is 5.75 Å².